The lowest BCUT2D eigenvalue weighted by Gasteiger charge is -2.40. The van der Waals surface area contributed by atoms with E-state index >= 15 is 0 Å². The summed E-state index contributed by atoms with van der Waals surface area (Å²) in [6.45, 7) is 9.78. The fourth-order valence-electron chi connectivity index (χ4n) is 6.05. The number of aromatic amines is 1. The number of H-pyrrole nitrogens is 1. The molecule has 0 aliphatic carbocycles. The topological polar surface area (TPSA) is 78.1 Å². The normalized spacial score (nSPS) is 19.0. The van der Waals surface area contributed by atoms with Crippen molar-refractivity contribution in [1.29, 1.82) is 0 Å². The Bertz CT molecular complexity index is 1370. The van der Waals surface area contributed by atoms with Gasteiger partial charge < -0.3 is 29.4 Å². The number of halogens is 3. The molecule has 0 atom stereocenters. The number of aromatic nitrogens is 2. The number of likely N-dealkylation sites (tertiary alicyclic amines) is 1. The Morgan fingerprint density at radius 3 is 2.49 bits per heavy atom. The van der Waals surface area contributed by atoms with Gasteiger partial charge in [-0.2, -0.15) is 13.2 Å². The Labute approximate surface area is 237 Å². The molecular weight excluding hydrogens is 537 g/mol. The van der Waals surface area contributed by atoms with E-state index in [0.29, 0.717) is 54.5 Å². The van der Waals surface area contributed by atoms with Crippen molar-refractivity contribution in [2.75, 3.05) is 76.4 Å². The van der Waals surface area contributed by atoms with Crippen molar-refractivity contribution in [1.82, 2.24) is 19.8 Å². The maximum atomic E-state index is 13.7. The number of fused-ring (bicyclic) bond motifs is 2. The summed E-state index contributed by atoms with van der Waals surface area (Å²) in [5, 5.41) is 3.35. The van der Waals surface area contributed by atoms with Gasteiger partial charge in [-0.05, 0) is 38.9 Å². The zero-order valence-electron chi connectivity index (χ0n) is 23.5. The van der Waals surface area contributed by atoms with Gasteiger partial charge in [-0.25, -0.2) is 4.98 Å². The van der Waals surface area contributed by atoms with Gasteiger partial charge >= 0.3 is 6.18 Å². The molecule has 9 nitrogen and oxygen atoms in total. The molecule has 3 aliphatic rings. The second-order valence-electron chi connectivity index (χ2n) is 10.9. The number of nitrogens with one attached hydrogen (secondary N) is 2. The monoisotopic (exact) mass is 574 g/mol. The van der Waals surface area contributed by atoms with Crippen molar-refractivity contribution in [3.8, 4) is 11.5 Å². The maximum Gasteiger partial charge on any atom is 0.418 e. The Hall–Kier alpha value is -3.22. The van der Waals surface area contributed by atoms with Crippen molar-refractivity contribution in [3.63, 3.8) is 0 Å². The third kappa shape index (κ3) is 5.77. The molecule has 1 aromatic carbocycles. The van der Waals surface area contributed by atoms with E-state index in [1.807, 2.05) is 19.1 Å². The lowest BCUT2D eigenvalue weighted by atomic mass is 10.0. The molecule has 41 heavy (non-hydrogen) atoms. The van der Waals surface area contributed by atoms with Crippen molar-refractivity contribution in [3.05, 3.63) is 35.5 Å². The van der Waals surface area contributed by atoms with E-state index in [2.05, 4.69) is 25.1 Å². The number of rotatable bonds is 7. The summed E-state index contributed by atoms with van der Waals surface area (Å²) in [5.74, 6) is 1.73. The fraction of sp³-hybridized carbons (Fsp3) is 0.552. The number of hydrogen-bond donors (Lipinski definition) is 2. The first-order chi connectivity index (χ1) is 19.8. The lowest BCUT2D eigenvalue weighted by molar-refractivity contribution is -0.136. The number of pyridine rings is 1. The van der Waals surface area contributed by atoms with Gasteiger partial charge in [0.2, 0.25) is 0 Å². The molecule has 222 valence electrons. The van der Waals surface area contributed by atoms with Gasteiger partial charge in [-0.1, -0.05) is 6.07 Å². The van der Waals surface area contributed by atoms with Crippen molar-refractivity contribution >= 4 is 28.2 Å². The Morgan fingerprint density at radius 2 is 1.78 bits per heavy atom. The highest BCUT2D eigenvalue weighted by atomic mass is 19.4. The van der Waals surface area contributed by atoms with Crippen molar-refractivity contribution < 1.29 is 27.4 Å². The van der Waals surface area contributed by atoms with E-state index in [9.17, 15) is 13.2 Å². The van der Waals surface area contributed by atoms with Crippen LogP contribution in [0.2, 0.25) is 0 Å². The molecule has 2 saturated heterocycles. The molecule has 2 fully saturated rings. The third-order valence-corrected chi connectivity index (χ3v) is 8.36. The average molecular weight is 575 g/mol. The summed E-state index contributed by atoms with van der Waals surface area (Å²) in [6, 6.07) is 6.24. The number of anilines is 3. The van der Waals surface area contributed by atoms with Crippen LogP contribution in [0.5, 0.6) is 11.5 Å². The van der Waals surface area contributed by atoms with E-state index < -0.39 is 11.7 Å². The fourth-order valence-corrected chi connectivity index (χ4v) is 6.05. The standard InChI is InChI=1S/C29H37F3N6O3/c1-3-36(2)23-16-24(35-28-25(23)21(17-33-28)29(30,31)32)34-22-5-4-19(26-27(22)41-15-14-40-26)18-37-8-6-20(7-9-37)38-10-12-39-13-11-38/h4-5,16-17,20H,3,6-15,18H2,1-2H3,(H2,33,34,35). The number of hydrogen-bond acceptors (Lipinski definition) is 8. The molecule has 0 bridgehead atoms. The van der Waals surface area contributed by atoms with Crippen LogP contribution < -0.4 is 19.7 Å². The molecular formula is C29H37F3N6O3. The number of morpholine rings is 1. The van der Waals surface area contributed by atoms with Crippen LogP contribution in [0.4, 0.5) is 30.4 Å². The maximum absolute atomic E-state index is 13.7. The molecule has 12 heteroatoms. The minimum Gasteiger partial charge on any atom is -0.486 e. The highest BCUT2D eigenvalue weighted by Crippen LogP contribution is 2.44. The molecule has 2 aromatic heterocycles. The number of piperidine rings is 1. The summed E-state index contributed by atoms with van der Waals surface area (Å²) in [7, 11) is 1.77. The molecule has 2 N–H and O–H groups in total. The predicted octanol–water partition coefficient (Wildman–Crippen LogP) is 4.85. The highest BCUT2D eigenvalue weighted by Gasteiger charge is 2.36. The zero-order chi connectivity index (χ0) is 28.6. The van der Waals surface area contributed by atoms with Gasteiger partial charge in [-0.15, -0.1) is 0 Å². The predicted molar refractivity (Wildman–Crippen MR) is 151 cm³/mol. The van der Waals surface area contributed by atoms with Crippen LogP contribution in [0.15, 0.2) is 24.4 Å². The molecule has 0 amide bonds. The van der Waals surface area contributed by atoms with E-state index in [1.165, 1.54) is 0 Å². The van der Waals surface area contributed by atoms with Crippen LogP contribution in [0.1, 0.15) is 30.9 Å². The highest BCUT2D eigenvalue weighted by molar-refractivity contribution is 5.95. The lowest BCUT2D eigenvalue weighted by Crippen LogP contribution is -2.48. The van der Waals surface area contributed by atoms with E-state index in [4.69, 9.17) is 14.2 Å². The third-order valence-electron chi connectivity index (χ3n) is 8.36. The van der Waals surface area contributed by atoms with Crippen LogP contribution >= 0.6 is 0 Å². The van der Waals surface area contributed by atoms with E-state index in [1.54, 1.807) is 18.0 Å². The zero-order valence-corrected chi connectivity index (χ0v) is 23.5. The molecule has 5 heterocycles. The average Bonchev–Trinajstić information content (AvgIpc) is 3.43. The summed E-state index contributed by atoms with van der Waals surface area (Å²) in [5.41, 5.74) is 1.60. The first-order valence-electron chi connectivity index (χ1n) is 14.3. The SMILES string of the molecule is CCN(C)c1cc(Nc2ccc(CN3CCC(N4CCOCC4)CC3)c3c2OCCO3)nc2[nH]cc(C(F)(F)F)c12. The van der Waals surface area contributed by atoms with Gasteiger partial charge in [-0.3, -0.25) is 9.80 Å². The minimum absolute atomic E-state index is 0.0572. The van der Waals surface area contributed by atoms with Gasteiger partial charge in [0.15, 0.2) is 11.5 Å². The number of alkyl halides is 3. The Morgan fingerprint density at radius 1 is 1.05 bits per heavy atom. The Kier molecular flexibility index (Phi) is 7.88. The van der Waals surface area contributed by atoms with E-state index in [-0.39, 0.29) is 11.0 Å². The van der Waals surface area contributed by atoms with Crippen molar-refractivity contribution in [2.45, 2.75) is 38.5 Å². The summed E-state index contributed by atoms with van der Waals surface area (Å²) >= 11 is 0. The summed E-state index contributed by atoms with van der Waals surface area (Å²) < 4.78 is 58.9. The second-order valence-corrected chi connectivity index (χ2v) is 10.9. The largest absolute Gasteiger partial charge is 0.486 e. The minimum atomic E-state index is -4.49. The van der Waals surface area contributed by atoms with Gasteiger partial charge in [0.1, 0.15) is 24.7 Å². The van der Waals surface area contributed by atoms with Crippen LogP contribution in [-0.2, 0) is 17.5 Å². The quantitative estimate of drug-likeness (QED) is 0.415. The summed E-state index contributed by atoms with van der Waals surface area (Å²) in [6.07, 6.45) is -1.24. The number of ether oxygens (including phenoxy) is 3. The molecule has 3 aromatic rings. The first kappa shape index (κ1) is 27.9. The summed E-state index contributed by atoms with van der Waals surface area (Å²) in [4.78, 5) is 14.0. The van der Waals surface area contributed by atoms with Gasteiger partial charge in [0, 0.05) is 57.1 Å². The Balaban J connectivity index is 1.23. The van der Waals surface area contributed by atoms with Crippen LogP contribution in [-0.4, -0.2) is 92.0 Å². The first-order valence-corrected chi connectivity index (χ1v) is 14.3. The van der Waals surface area contributed by atoms with Crippen molar-refractivity contribution in [2.24, 2.45) is 0 Å². The smallest absolute Gasteiger partial charge is 0.418 e. The van der Waals surface area contributed by atoms with Crippen LogP contribution in [0.3, 0.4) is 0 Å². The molecule has 0 radical (unpaired) electrons. The van der Waals surface area contributed by atoms with Crippen LogP contribution in [0, 0.1) is 0 Å². The number of nitrogens with zero attached hydrogens (tertiary/aromatic N) is 4. The molecule has 0 unspecified atom stereocenters. The molecule has 3 aliphatic heterocycles. The van der Waals surface area contributed by atoms with Gasteiger partial charge in [0.25, 0.3) is 0 Å². The number of benzene rings is 1. The molecule has 0 spiro atoms. The van der Waals surface area contributed by atoms with E-state index in [0.717, 1.165) is 70.5 Å². The van der Waals surface area contributed by atoms with Crippen LogP contribution in [0.25, 0.3) is 11.0 Å². The second kappa shape index (κ2) is 11.6. The van der Waals surface area contributed by atoms with Gasteiger partial charge in [0.05, 0.1) is 35.5 Å². The molecule has 0 saturated carbocycles. The molecule has 6 rings (SSSR count).